The normalized spacial score (nSPS) is 27.0. The molecule has 1 heterocycles. The second-order valence-corrected chi connectivity index (χ2v) is 7.99. The van der Waals surface area contributed by atoms with Crippen LogP contribution >= 0.6 is 11.8 Å². The summed E-state index contributed by atoms with van der Waals surface area (Å²) in [6.07, 6.45) is 6.40. The van der Waals surface area contributed by atoms with Gasteiger partial charge in [-0.15, -0.1) is 0 Å². The van der Waals surface area contributed by atoms with Crippen LogP contribution in [-0.2, 0) is 11.2 Å². The summed E-state index contributed by atoms with van der Waals surface area (Å²) in [7, 11) is 0. The molecule has 3 rings (SSSR count). The van der Waals surface area contributed by atoms with Crippen molar-refractivity contribution >= 4 is 17.7 Å². The summed E-state index contributed by atoms with van der Waals surface area (Å²) >= 11 is 1.66. The van der Waals surface area contributed by atoms with Gasteiger partial charge in [0.25, 0.3) is 5.91 Å². The van der Waals surface area contributed by atoms with Crippen molar-refractivity contribution in [1.29, 1.82) is 0 Å². The maximum absolute atomic E-state index is 12.3. The van der Waals surface area contributed by atoms with Crippen LogP contribution in [0.5, 0.6) is 0 Å². The largest absolute Gasteiger partial charge is 0.379 e. The van der Waals surface area contributed by atoms with Gasteiger partial charge >= 0.3 is 0 Å². The van der Waals surface area contributed by atoms with Crippen molar-refractivity contribution in [2.75, 3.05) is 18.1 Å². The van der Waals surface area contributed by atoms with Crippen LogP contribution in [0.25, 0.3) is 0 Å². The first-order chi connectivity index (χ1) is 10.6. The lowest BCUT2D eigenvalue weighted by atomic mass is 9.79. The SMILES string of the molecule is O=C(NCC1(Cc2ccccc2)CCCC1)C1(O)CCSC1. The van der Waals surface area contributed by atoms with E-state index < -0.39 is 5.60 Å². The predicted octanol–water partition coefficient (Wildman–Crippen LogP) is 2.77. The molecule has 3 nitrogen and oxygen atoms in total. The molecule has 2 fully saturated rings. The van der Waals surface area contributed by atoms with Gasteiger partial charge in [0, 0.05) is 12.3 Å². The maximum atomic E-state index is 12.3. The molecular weight excluding hydrogens is 294 g/mol. The Labute approximate surface area is 136 Å². The van der Waals surface area contributed by atoms with E-state index >= 15 is 0 Å². The minimum atomic E-state index is -1.14. The van der Waals surface area contributed by atoms with E-state index in [2.05, 4.69) is 29.6 Å². The van der Waals surface area contributed by atoms with E-state index in [0.29, 0.717) is 18.7 Å². The molecule has 2 N–H and O–H groups in total. The van der Waals surface area contributed by atoms with Gasteiger partial charge < -0.3 is 10.4 Å². The van der Waals surface area contributed by atoms with Crippen LogP contribution in [0.3, 0.4) is 0 Å². The van der Waals surface area contributed by atoms with E-state index in [0.717, 1.165) is 25.0 Å². The van der Waals surface area contributed by atoms with Gasteiger partial charge in [0.15, 0.2) is 5.60 Å². The number of carbonyl (C=O) groups excluding carboxylic acids is 1. The lowest BCUT2D eigenvalue weighted by molar-refractivity contribution is -0.137. The molecule has 1 aliphatic carbocycles. The summed E-state index contributed by atoms with van der Waals surface area (Å²) in [6, 6.07) is 10.5. The number of carbonyl (C=O) groups is 1. The van der Waals surface area contributed by atoms with E-state index in [1.54, 1.807) is 11.8 Å². The van der Waals surface area contributed by atoms with Gasteiger partial charge in [-0.3, -0.25) is 4.79 Å². The number of amides is 1. The molecule has 1 saturated carbocycles. The molecule has 0 spiro atoms. The van der Waals surface area contributed by atoms with Gasteiger partial charge in [0.05, 0.1) is 0 Å². The molecule has 0 radical (unpaired) electrons. The minimum absolute atomic E-state index is 0.166. The maximum Gasteiger partial charge on any atom is 0.252 e. The fourth-order valence-corrected chi connectivity index (χ4v) is 4.97. The van der Waals surface area contributed by atoms with Crippen LogP contribution in [-0.4, -0.2) is 34.7 Å². The van der Waals surface area contributed by atoms with Crippen LogP contribution < -0.4 is 5.32 Å². The van der Waals surface area contributed by atoms with Crippen molar-refractivity contribution in [2.45, 2.75) is 44.1 Å². The Kier molecular flexibility index (Phi) is 4.79. The Bertz CT molecular complexity index is 505. The van der Waals surface area contributed by atoms with Gasteiger partial charge in [0.1, 0.15) is 0 Å². The van der Waals surface area contributed by atoms with Crippen LogP contribution in [0.15, 0.2) is 30.3 Å². The second-order valence-electron chi connectivity index (χ2n) is 6.89. The average Bonchev–Trinajstić information content (AvgIpc) is 3.17. The topological polar surface area (TPSA) is 49.3 Å². The smallest absolute Gasteiger partial charge is 0.252 e. The first-order valence-electron chi connectivity index (χ1n) is 8.24. The van der Waals surface area contributed by atoms with E-state index in [-0.39, 0.29) is 11.3 Å². The highest BCUT2D eigenvalue weighted by atomic mass is 32.2. The molecule has 1 aliphatic heterocycles. The van der Waals surface area contributed by atoms with E-state index in [1.807, 2.05) is 6.07 Å². The Balaban J connectivity index is 1.63. The van der Waals surface area contributed by atoms with Crippen molar-refractivity contribution in [1.82, 2.24) is 5.32 Å². The second kappa shape index (κ2) is 6.63. The van der Waals surface area contributed by atoms with Crippen molar-refractivity contribution < 1.29 is 9.90 Å². The number of thioether (sulfide) groups is 1. The molecule has 1 amide bonds. The molecule has 0 bridgehead atoms. The first kappa shape index (κ1) is 15.9. The third-order valence-corrected chi connectivity index (χ3v) is 6.31. The molecule has 120 valence electrons. The van der Waals surface area contributed by atoms with E-state index in [9.17, 15) is 9.90 Å². The highest BCUT2D eigenvalue weighted by molar-refractivity contribution is 7.99. The number of hydrogen-bond acceptors (Lipinski definition) is 3. The lowest BCUT2D eigenvalue weighted by Gasteiger charge is -2.31. The third-order valence-electron chi connectivity index (χ3n) is 5.13. The molecule has 22 heavy (non-hydrogen) atoms. The zero-order valence-electron chi connectivity index (χ0n) is 13.0. The van der Waals surface area contributed by atoms with Gasteiger partial charge in [0.2, 0.25) is 0 Å². The van der Waals surface area contributed by atoms with Crippen molar-refractivity contribution in [3.63, 3.8) is 0 Å². The number of hydrogen-bond donors (Lipinski definition) is 2. The summed E-state index contributed by atoms with van der Waals surface area (Å²) in [5.74, 6) is 1.24. The van der Waals surface area contributed by atoms with E-state index in [4.69, 9.17) is 0 Å². The zero-order valence-corrected chi connectivity index (χ0v) is 13.8. The Hall–Kier alpha value is -1.00. The summed E-state index contributed by atoms with van der Waals surface area (Å²) in [6.45, 7) is 0.688. The molecule has 1 aromatic carbocycles. The molecule has 4 heteroatoms. The van der Waals surface area contributed by atoms with Crippen LogP contribution in [0.1, 0.15) is 37.7 Å². The van der Waals surface area contributed by atoms with Crippen LogP contribution in [0.2, 0.25) is 0 Å². The quantitative estimate of drug-likeness (QED) is 0.877. The molecule has 0 aromatic heterocycles. The Morgan fingerprint density at radius 3 is 2.55 bits per heavy atom. The lowest BCUT2D eigenvalue weighted by Crippen LogP contribution is -2.50. The predicted molar refractivity (Wildman–Crippen MR) is 90.9 cm³/mol. The summed E-state index contributed by atoms with van der Waals surface area (Å²) in [5.41, 5.74) is 0.366. The number of nitrogens with one attached hydrogen (secondary N) is 1. The zero-order chi connectivity index (χ0) is 15.5. The molecule has 1 atom stereocenters. The van der Waals surface area contributed by atoms with Gasteiger partial charge in [-0.2, -0.15) is 11.8 Å². The minimum Gasteiger partial charge on any atom is -0.379 e. The molecule has 1 aromatic rings. The molecule has 1 unspecified atom stereocenters. The van der Waals surface area contributed by atoms with Gasteiger partial charge in [-0.25, -0.2) is 0 Å². The van der Waals surface area contributed by atoms with Gasteiger partial charge in [-0.05, 0) is 42.4 Å². The highest BCUT2D eigenvalue weighted by Gasteiger charge is 2.41. The average molecular weight is 319 g/mol. The van der Waals surface area contributed by atoms with Crippen LogP contribution in [0, 0.1) is 5.41 Å². The monoisotopic (exact) mass is 319 g/mol. The number of aliphatic hydroxyl groups is 1. The standard InChI is InChI=1S/C18H25NO2S/c20-16(18(21)10-11-22-14-18)19-13-17(8-4-5-9-17)12-15-6-2-1-3-7-15/h1-3,6-7,21H,4-5,8-14H2,(H,19,20). The van der Waals surface area contributed by atoms with Gasteiger partial charge in [-0.1, -0.05) is 43.2 Å². The highest BCUT2D eigenvalue weighted by Crippen LogP contribution is 2.40. The van der Waals surface area contributed by atoms with E-state index in [1.165, 1.54) is 18.4 Å². The third kappa shape index (κ3) is 3.49. The Morgan fingerprint density at radius 2 is 1.91 bits per heavy atom. The summed E-state index contributed by atoms with van der Waals surface area (Å²) < 4.78 is 0. The van der Waals surface area contributed by atoms with Crippen LogP contribution in [0.4, 0.5) is 0 Å². The molecule has 1 saturated heterocycles. The van der Waals surface area contributed by atoms with Crippen molar-refractivity contribution in [2.24, 2.45) is 5.41 Å². The fraction of sp³-hybridized carbons (Fsp3) is 0.611. The summed E-state index contributed by atoms with van der Waals surface area (Å²) in [4.78, 5) is 12.3. The molecular formula is C18H25NO2S. The fourth-order valence-electron chi connectivity index (χ4n) is 3.74. The molecule has 2 aliphatic rings. The number of rotatable bonds is 5. The number of benzene rings is 1. The first-order valence-corrected chi connectivity index (χ1v) is 9.40. The Morgan fingerprint density at radius 1 is 1.18 bits per heavy atom. The summed E-state index contributed by atoms with van der Waals surface area (Å²) in [5, 5.41) is 13.4. The van der Waals surface area contributed by atoms with Crippen molar-refractivity contribution in [3.8, 4) is 0 Å². The van der Waals surface area contributed by atoms with Crippen molar-refractivity contribution in [3.05, 3.63) is 35.9 Å².